The fourth-order valence-electron chi connectivity index (χ4n) is 1.87. The lowest BCUT2D eigenvalue weighted by Gasteiger charge is -2.27. The Balaban J connectivity index is 3.72. The minimum Gasteiger partial charge on any atom is -0.349 e. The Labute approximate surface area is 153 Å². The maximum absolute atomic E-state index is 6.03. The lowest BCUT2D eigenvalue weighted by atomic mass is 10.7. The quantitative estimate of drug-likeness (QED) is 0.310. The van der Waals surface area contributed by atoms with Gasteiger partial charge in [-0.3, -0.25) is 0 Å². The summed E-state index contributed by atoms with van der Waals surface area (Å²) in [5, 5.41) is -0.0193. The highest BCUT2D eigenvalue weighted by atomic mass is 35.5. The van der Waals surface area contributed by atoms with Gasteiger partial charge < -0.3 is 19.6 Å². The lowest BCUT2D eigenvalue weighted by molar-refractivity contribution is 0.484. The minimum absolute atomic E-state index is 0.00967. The van der Waals surface area contributed by atoms with Gasteiger partial charge >= 0.3 is 7.51 Å². The van der Waals surface area contributed by atoms with Crippen LogP contribution in [0.4, 0.5) is 0 Å². The Bertz CT molecular complexity index is 590. The van der Waals surface area contributed by atoms with Gasteiger partial charge in [0.25, 0.3) is 0 Å². The second kappa shape index (κ2) is 8.18. The fourth-order valence-corrected chi connectivity index (χ4v) is 4.68. The van der Waals surface area contributed by atoms with Crippen molar-refractivity contribution in [2.75, 3.05) is 56.4 Å². The van der Waals surface area contributed by atoms with Gasteiger partial charge in [-0.2, -0.15) is 24.0 Å². The SMILES string of the molecule is CN(C)C(=NP1(N=C(N(C)C)N(C)C)=NC(Cl)=NC(Cl)=N1)N(C)C. The third-order valence-electron chi connectivity index (χ3n) is 2.67. The van der Waals surface area contributed by atoms with Gasteiger partial charge in [-0.15, -0.1) is 0 Å². The Morgan fingerprint density at radius 1 is 0.750 bits per heavy atom. The summed E-state index contributed by atoms with van der Waals surface area (Å²) in [5.41, 5.74) is 0. The van der Waals surface area contributed by atoms with E-state index >= 15 is 0 Å². The molecule has 0 radical (unpaired) electrons. The topological polar surface area (TPSA) is 74.8 Å². The van der Waals surface area contributed by atoms with Gasteiger partial charge in [0, 0.05) is 56.4 Å². The maximum Gasteiger partial charge on any atom is 0.316 e. The third kappa shape index (κ3) is 5.36. The number of hydrogen-bond acceptors (Lipinski definition) is 5. The molecule has 0 aromatic heterocycles. The summed E-state index contributed by atoms with van der Waals surface area (Å²) >= 11 is 12.1. The molecule has 0 fully saturated rings. The molecule has 0 bridgehead atoms. The number of nitrogens with zero attached hydrogens (tertiary/aromatic N) is 9. The van der Waals surface area contributed by atoms with E-state index in [2.05, 4.69) is 14.5 Å². The minimum atomic E-state index is -3.00. The highest BCUT2D eigenvalue weighted by molar-refractivity contribution is 7.63. The standard InChI is InChI=1S/C12H24Cl2N9P/c1-20(2)11(21(3)4)18-24(16-9(13)15-10(14)17-24)19-12(22(5)6)23(7)8/h1-8H3. The molecule has 0 saturated heterocycles. The molecule has 1 heterocycles. The Morgan fingerprint density at radius 2 is 1.12 bits per heavy atom. The highest BCUT2D eigenvalue weighted by Crippen LogP contribution is 2.57. The molecule has 9 nitrogen and oxygen atoms in total. The van der Waals surface area contributed by atoms with Crippen molar-refractivity contribution >= 4 is 53.2 Å². The van der Waals surface area contributed by atoms with Crippen LogP contribution in [0, 0.1) is 0 Å². The molecule has 0 unspecified atom stereocenters. The van der Waals surface area contributed by atoms with Crippen molar-refractivity contribution in [2.45, 2.75) is 0 Å². The molecule has 1 aliphatic rings. The molecule has 24 heavy (non-hydrogen) atoms. The molecule has 0 saturated carbocycles. The Kier molecular flexibility index (Phi) is 7.07. The molecule has 0 amide bonds. The van der Waals surface area contributed by atoms with Crippen molar-refractivity contribution in [3.63, 3.8) is 0 Å². The fraction of sp³-hybridized carbons (Fsp3) is 0.667. The van der Waals surface area contributed by atoms with Crippen molar-refractivity contribution in [1.82, 2.24) is 19.6 Å². The zero-order valence-corrected chi connectivity index (χ0v) is 17.6. The molecule has 12 heteroatoms. The molecule has 0 aromatic carbocycles. The number of hydrogen-bond donors (Lipinski definition) is 0. The van der Waals surface area contributed by atoms with Crippen molar-refractivity contribution < 1.29 is 0 Å². The molecule has 1 aliphatic heterocycles. The molecule has 0 spiro atoms. The van der Waals surface area contributed by atoms with Crippen LogP contribution in [0.3, 0.4) is 0 Å². The van der Waals surface area contributed by atoms with Crippen LogP contribution in [0.15, 0.2) is 24.0 Å². The zero-order chi connectivity index (χ0) is 18.7. The van der Waals surface area contributed by atoms with Crippen LogP contribution in [0.2, 0.25) is 0 Å². The van der Waals surface area contributed by atoms with Crippen LogP contribution >= 0.6 is 30.7 Å². The van der Waals surface area contributed by atoms with E-state index in [1.807, 2.05) is 76.0 Å². The summed E-state index contributed by atoms with van der Waals surface area (Å²) in [6.07, 6.45) is 0. The van der Waals surface area contributed by atoms with Gasteiger partial charge in [0.15, 0.2) is 0 Å². The molecular weight excluding hydrogens is 372 g/mol. The molecule has 1 rings (SSSR count). The lowest BCUT2D eigenvalue weighted by Crippen LogP contribution is -2.36. The summed E-state index contributed by atoms with van der Waals surface area (Å²) in [4.78, 5) is 11.2. The second-order valence-electron chi connectivity index (χ2n) is 5.76. The number of amidine groups is 2. The first kappa shape index (κ1) is 20.7. The summed E-state index contributed by atoms with van der Waals surface area (Å²) in [6.45, 7) is 0. The van der Waals surface area contributed by atoms with Crippen molar-refractivity contribution in [1.29, 1.82) is 0 Å². The van der Waals surface area contributed by atoms with E-state index in [1.54, 1.807) is 0 Å². The average Bonchev–Trinajstić information content (AvgIpc) is 2.40. The number of guanidine groups is 2. The Morgan fingerprint density at radius 3 is 1.42 bits per heavy atom. The van der Waals surface area contributed by atoms with Crippen LogP contribution in [0.25, 0.3) is 0 Å². The van der Waals surface area contributed by atoms with Gasteiger partial charge in [-0.05, 0) is 23.2 Å². The van der Waals surface area contributed by atoms with Gasteiger partial charge in [-0.1, -0.05) is 0 Å². The van der Waals surface area contributed by atoms with Crippen molar-refractivity contribution in [3.8, 4) is 0 Å². The average molecular weight is 396 g/mol. The first-order chi connectivity index (χ1) is 11.0. The van der Waals surface area contributed by atoms with E-state index in [4.69, 9.17) is 32.7 Å². The first-order valence-electron chi connectivity index (χ1n) is 6.99. The maximum atomic E-state index is 6.03. The molecule has 0 N–H and O–H groups in total. The monoisotopic (exact) mass is 395 g/mol. The molecule has 0 aliphatic carbocycles. The van der Waals surface area contributed by atoms with Gasteiger partial charge in [0.2, 0.25) is 22.5 Å². The third-order valence-corrected chi connectivity index (χ3v) is 5.05. The first-order valence-corrected chi connectivity index (χ1v) is 9.35. The number of rotatable bonds is 2. The van der Waals surface area contributed by atoms with Crippen molar-refractivity contribution in [2.24, 2.45) is 24.0 Å². The summed E-state index contributed by atoms with van der Waals surface area (Å²) in [6, 6.07) is 0. The summed E-state index contributed by atoms with van der Waals surface area (Å²) < 4.78 is 18.1. The van der Waals surface area contributed by atoms with Crippen LogP contribution in [-0.2, 0) is 0 Å². The van der Waals surface area contributed by atoms with Crippen molar-refractivity contribution in [3.05, 3.63) is 0 Å². The van der Waals surface area contributed by atoms with Gasteiger partial charge in [0.05, 0.1) is 0 Å². The molecule has 136 valence electrons. The predicted molar refractivity (Wildman–Crippen MR) is 106 cm³/mol. The van der Waals surface area contributed by atoms with E-state index in [1.165, 1.54) is 0 Å². The number of halogens is 2. The van der Waals surface area contributed by atoms with E-state index in [9.17, 15) is 0 Å². The zero-order valence-electron chi connectivity index (χ0n) is 15.2. The molecular formula is C12H24Cl2N9P. The van der Waals surface area contributed by atoms with Gasteiger partial charge in [-0.25, -0.2) is 0 Å². The van der Waals surface area contributed by atoms with Crippen LogP contribution in [-0.4, -0.2) is 98.5 Å². The summed E-state index contributed by atoms with van der Waals surface area (Å²) in [5.74, 6) is 1.29. The van der Waals surface area contributed by atoms with Gasteiger partial charge in [0.1, 0.15) is 0 Å². The smallest absolute Gasteiger partial charge is 0.316 e. The normalized spacial score (nSPS) is 15.4. The van der Waals surface area contributed by atoms with E-state index < -0.39 is 7.51 Å². The van der Waals surface area contributed by atoms with E-state index in [0.717, 1.165) is 0 Å². The highest BCUT2D eigenvalue weighted by Gasteiger charge is 2.27. The Hall–Kier alpha value is -1.31. The largest absolute Gasteiger partial charge is 0.349 e. The van der Waals surface area contributed by atoms with E-state index in [0.29, 0.717) is 11.9 Å². The number of aliphatic imine (C=N–C) groups is 1. The second-order valence-corrected chi connectivity index (χ2v) is 8.31. The van der Waals surface area contributed by atoms with Crippen LogP contribution in [0.1, 0.15) is 0 Å². The molecule has 0 aromatic rings. The molecule has 0 atom stereocenters. The summed E-state index contributed by atoms with van der Waals surface area (Å²) in [7, 11) is 12.0. The van der Waals surface area contributed by atoms with Crippen LogP contribution in [0.5, 0.6) is 0 Å². The van der Waals surface area contributed by atoms with Crippen LogP contribution < -0.4 is 0 Å². The predicted octanol–water partition coefficient (Wildman–Crippen LogP) is 2.09. The van der Waals surface area contributed by atoms with E-state index in [-0.39, 0.29) is 10.6 Å².